The Labute approximate surface area is 178 Å². The zero-order valence-electron chi connectivity index (χ0n) is 17.7. The maximum absolute atomic E-state index is 12.3. The van der Waals surface area contributed by atoms with Crippen LogP contribution in [0.1, 0.15) is 43.7 Å². The van der Waals surface area contributed by atoms with E-state index in [4.69, 9.17) is 15.5 Å². The first kappa shape index (κ1) is 20.7. The third kappa shape index (κ3) is 4.94. The molecule has 8 nitrogen and oxygen atoms in total. The molecule has 0 aromatic heterocycles. The van der Waals surface area contributed by atoms with Gasteiger partial charge in [0.1, 0.15) is 11.5 Å². The lowest BCUT2D eigenvalue weighted by molar-refractivity contribution is -0.121. The highest BCUT2D eigenvalue weighted by Crippen LogP contribution is 2.20. The van der Waals surface area contributed by atoms with Crippen molar-refractivity contribution in [2.24, 2.45) is 10.7 Å². The van der Waals surface area contributed by atoms with Crippen LogP contribution in [0.15, 0.2) is 40.8 Å². The van der Waals surface area contributed by atoms with E-state index in [9.17, 15) is 4.79 Å². The molecule has 0 saturated carbocycles. The molecule has 3 aliphatic rings. The molecule has 2 fully saturated rings. The topological polar surface area (TPSA) is 95.2 Å². The van der Waals surface area contributed by atoms with Crippen LogP contribution < -0.4 is 16.4 Å². The fraction of sp³-hybridized carbons (Fsp3) is 0.545. The molecule has 1 atom stereocenters. The van der Waals surface area contributed by atoms with E-state index in [-0.39, 0.29) is 12.5 Å². The van der Waals surface area contributed by atoms with Gasteiger partial charge in [-0.3, -0.25) is 9.69 Å². The van der Waals surface area contributed by atoms with E-state index in [1.165, 1.54) is 31.5 Å². The fourth-order valence-corrected chi connectivity index (χ4v) is 4.12. The molecule has 0 aliphatic carbocycles. The van der Waals surface area contributed by atoms with E-state index in [2.05, 4.69) is 46.7 Å². The summed E-state index contributed by atoms with van der Waals surface area (Å²) in [5, 5.41) is 5.88. The van der Waals surface area contributed by atoms with Gasteiger partial charge in [-0.15, -0.1) is 0 Å². The Kier molecular flexibility index (Phi) is 6.54. The van der Waals surface area contributed by atoms with Crippen molar-refractivity contribution in [3.05, 3.63) is 46.9 Å². The van der Waals surface area contributed by atoms with Gasteiger partial charge in [0.15, 0.2) is 5.84 Å². The first-order valence-corrected chi connectivity index (χ1v) is 10.9. The van der Waals surface area contributed by atoms with Crippen molar-refractivity contribution in [3.63, 3.8) is 0 Å². The zero-order valence-corrected chi connectivity index (χ0v) is 17.7. The van der Waals surface area contributed by atoms with Crippen LogP contribution in [0.2, 0.25) is 0 Å². The summed E-state index contributed by atoms with van der Waals surface area (Å²) in [6.07, 6.45) is 4.05. The summed E-state index contributed by atoms with van der Waals surface area (Å²) in [4.78, 5) is 21.5. The molecular weight excluding hydrogens is 380 g/mol. The molecule has 4 N–H and O–H groups in total. The predicted octanol–water partition coefficient (Wildman–Crippen LogP) is 1.44. The molecule has 3 aliphatic heterocycles. The number of hydrogen-bond acceptors (Lipinski definition) is 7. The van der Waals surface area contributed by atoms with Gasteiger partial charge in [0.25, 0.3) is 0 Å². The number of amidine groups is 1. The molecule has 4 rings (SSSR count). The quantitative estimate of drug-likeness (QED) is 0.560. The Morgan fingerprint density at radius 1 is 1.23 bits per heavy atom. The van der Waals surface area contributed by atoms with Crippen LogP contribution >= 0.6 is 0 Å². The summed E-state index contributed by atoms with van der Waals surface area (Å²) in [5.74, 6) is 0.979. The molecule has 1 aromatic carbocycles. The predicted molar refractivity (Wildman–Crippen MR) is 116 cm³/mol. The number of nitrogens with two attached hydrogens (primary N) is 1. The Bertz CT molecular complexity index is 831. The summed E-state index contributed by atoms with van der Waals surface area (Å²) in [6, 6.07) is 8.60. The van der Waals surface area contributed by atoms with Crippen molar-refractivity contribution in [1.82, 2.24) is 20.4 Å². The summed E-state index contributed by atoms with van der Waals surface area (Å²) < 4.78 is 5.80. The number of nitrogens with zero attached hydrogens (tertiary/aromatic N) is 3. The minimum atomic E-state index is -0.533. The minimum absolute atomic E-state index is 0.0905. The number of fused-ring (bicyclic) bond motifs is 1. The summed E-state index contributed by atoms with van der Waals surface area (Å²) in [7, 11) is 0. The van der Waals surface area contributed by atoms with Crippen molar-refractivity contribution in [2.45, 2.75) is 52.0 Å². The minimum Gasteiger partial charge on any atom is -0.384 e. The van der Waals surface area contributed by atoms with Crippen LogP contribution in [0.25, 0.3) is 0 Å². The molecule has 2 saturated heterocycles. The van der Waals surface area contributed by atoms with Crippen LogP contribution in [-0.2, 0) is 22.6 Å². The SMILES string of the molecule is CCCCOC1N=C2C(=C(N)N1)NC(=O)CN2Cc1cccc(CN2CCCC2)c1. The number of benzene rings is 1. The van der Waals surface area contributed by atoms with Gasteiger partial charge in [-0.2, -0.15) is 0 Å². The molecule has 8 heteroatoms. The Morgan fingerprint density at radius 2 is 2.00 bits per heavy atom. The Hall–Kier alpha value is -2.58. The number of hydrogen-bond donors (Lipinski definition) is 3. The average molecular weight is 413 g/mol. The van der Waals surface area contributed by atoms with Gasteiger partial charge in [0, 0.05) is 13.1 Å². The number of nitrogens with one attached hydrogen (secondary N) is 2. The first-order valence-electron chi connectivity index (χ1n) is 10.9. The maximum atomic E-state index is 12.3. The smallest absolute Gasteiger partial charge is 0.244 e. The van der Waals surface area contributed by atoms with Crippen LogP contribution in [0.4, 0.5) is 0 Å². The lowest BCUT2D eigenvalue weighted by Gasteiger charge is -2.36. The lowest BCUT2D eigenvalue weighted by Crippen LogP contribution is -2.55. The Balaban J connectivity index is 1.49. The molecule has 1 amide bonds. The largest absolute Gasteiger partial charge is 0.384 e. The van der Waals surface area contributed by atoms with E-state index >= 15 is 0 Å². The third-order valence-corrected chi connectivity index (χ3v) is 5.65. The molecule has 1 aromatic rings. The molecular formula is C22H32N6O2. The fourth-order valence-electron chi connectivity index (χ4n) is 4.12. The summed E-state index contributed by atoms with van der Waals surface area (Å²) >= 11 is 0. The van der Waals surface area contributed by atoms with Crippen molar-refractivity contribution in [1.29, 1.82) is 0 Å². The molecule has 1 unspecified atom stereocenters. The number of rotatable bonds is 8. The first-order chi connectivity index (χ1) is 14.6. The van der Waals surface area contributed by atoms with Gasteiger partial charge in [-0.25, -0.2) is 4.99 Å². The van der Waals surface area contributed by atoms with E-state index in [1.54, 1.807) is 0 Å². The number of aliphatic imine (C=N–C) groups is 1. The number of unbranched alkanes of at least 4 members (excludes halogenated alkanes) is 1. The van der Waals surface area contributed by atoms with Crippen molar-refractivity contribution in [2.75, 3.05) is 26.2 Å². The number of likely N-dealkylation sites (tertiary alicyclic amines) is 1. The second-order valence-corrected chi connectivity index (χ2v) is 8.17. The van der Waals surface area contributed by atoms with E-state index < -0.39 is 6.35 Å². The Morgan fingerprint density at radius 3 is 2.77 bits per heavy atom. The molecule has 3 heterocycles. The second-order valence-electron chi connectivity index (χ2n) is 8.17. The number of amides is 1. The lowest BCUT2D eigenvalue weighted by atomic mass is 10.1. The van der Waals surface area contributed by atoms with Crippen LogP contribution in [0, 0.1) is 0 Å². The van der Waals surface area contributed by atoms with E-state index in [0.29, 0.717) is 30.5 Å². The molecule has 0 bridgehead atoms. The number of carbonyl (C=O) groups excluding carboxylic acids is 1. The average Bonchev–Trinajstić information content (AvgIpc) is 3.22. The highest BCUT2D eigenvalue weighted by atomic mass is 16.5. The van der Waals surface area contributed by atoms with Crippen LogP contribution in [0.3, 0.4) is 0 Å². The van der Waals surface area contributed by atoms with Crippen LogP contribution in [0.5, 0.6) is 0 Å². The van der Waals surface area contributed by atoms with Gasteiger partial charge in [-0.1, -0.05) is 37.6 Å². The summed E-state index contributed by atoms with van der Waals surface area (Å²) in [6.45, 7) is 6.89. The van der Waals surface area contributed by atoms with Gasteiger partial charge in [0.2, 0.25) is 12.3 Å². The number of ether oxygens (including phenoxy) is 1. The maximum Gasteiger partial charge on any atom is 0.244 e. The van der Waals surface area contributed by atoms with E-state index in [0.717, 1.165) is 24.9 Å². The van der Waals surface area contributed by atoms with Crippen molar-refractivity contribution >= 4 is 11.7 Å². The van der Waals surface area contributed by atoms with Gasteiger partial charge in [0.05, 0.1) is 13.2 Å². The van der Waals surface area contributed by atoms with E-state index in [1.807, 2.05) is 4.90 Å². The highest BCUT2D eigenvalue weighted by molar-refractivity contribution is 6.07. The highest BCUT2D eigenvalue weighted by Gasteiger charge is 2.32. The van der Waals surface area contributed by atoms with Crippen molar-refractivity contribution < 1.29 is 9.53 Å². The number of carbonyl (C=O) groups is 1. The summed E-state index contributed by atoms with van der Waals surface area (Å²) in [5.41, 5.74) is 9.18. The van der Waals surface area contributed by atoms with Crippen LogP contribution in [-0.4, -0.2) is 54.1 Å². The molecule has 30 heavy (non-hydrogen) atoms. The molecule has 0 spiro atoms. The molecule has 162 valence electrons. The third-order valence-electron chi connectivity index (χ3n) is 5.65. The monoisotopic (exact) mass is 412 g/mol. The van der Waals surface area contributed by atoms with Gasteiger partial charge in [-0.05, 0) is 43.5 Å². The van der Waals surface area contributed by atoms with Gasteiger partial charge >= 0.3 is 0 Å². The molecule has 0 radical (unpaired) electrons. The zero-order chi connectivity index (χ0) is 20.9. The van der Waals surface area contributed by atoms with Crippen molar-refractivity contribution in [3.8, 4) is 0 Å². The standard InChI is InChI=1S/C22H32N6O2/c1-2-3-11-30-22-25-20(23)19-21(26-22)28(15-18(29)24-19)14-17-8-6-7-16(12-17)13-27-9-4-5-10-27/h6-8,12,22,25H,2-5,9-11,13-15,23H2,1H3,(H,24,29). The number of piperazine rings is 1. The second kappa shape index (κ2) is 9.49. The normalized spacial score (nSPS) is 21.9. The van der Waals surface area contributed by atoms with Gasteiger partial charge < -0.3 is 26.0 Å².